The summed E-state index contributed by atoms with van der Waals surface area (Å²) in [6.07, 6.45) is 1.77. The quantitative estimate of drug-likeness (QED) is 0.672. The van der Waals surface area contributed by atoms with E-state index in [-0.39, 0.29) is 18.8 Å². The molecule has 1 saturated heterocycles. The second-order valence-electron chi connectivity index (χ2n) is 3.84. The van der Waals surface area contributed by atoms with E-state index in [9.17, 15) is 0 Å². The summed E-state index contributed by atoms with van der Waals surface area (Å²) in [7, 11) is 0. The van der Waals surface area contributed by atoms with Crippen LogP contribution in [-0.2, 0) is 0 Å². The standard InChI is InChI=1S/C10H22N2O2.4FH/c13-9-1-3-11-5-7-12(8-6-11)4-2-10-14;;;;/h13-14H,1-10H2;4*1H. The maximum absolute atomic E-state index is 8.70. The maximum atomic E-state index is 8.70. The minimum absolute atomic E-state index is 0. The zero-order valence-electron chi connectivity index (χ0n) is 10.5. The van der Waals surface area contributed by atoms with Crippen LogP contribution in [0.15, 0.2) is 0 Å². The molecule has 116 valence electrons. The van der Waals surface area contributed by atoms with Crippen molar-refractivity contribution in [2.75, 3.05) is 52.5 Å². The van der Waals surface area contributed by atoms with E-state index in [2.05, 4.69) is 9.80 Å². The average molecular weight is 282 g/mol. The molecule has 4 nitrogen and oxygen atoms in total. The van der Waals surface area contributed by atoms with E-state index in [4.69, 9.17) is 10.2 Å². The van der Waals surface area contributed by atoms with Crippen molar-refractivity contribution in [2.45, 2.75) is 12.8 Å². The van der Waals surface area contributed by atoms with Crippen LogP contribution in [0.25, 0.3) is 0 Å². The molecular weight excluding hydrogens is 256 g/mol. The summed E-state index contributed by atoms with van der Waals surface area (Å²) in [6.45, 7) is 7.04. The Bertz CT molecular complexity index is 134. The van der Waals surface area contributed by atoms with Crippen molar-refractivity contribution in [1.29, 1.82) is 0 Å². The monoisotopic (exact) mass is 282 g/mol. The van der Waals surface area contributed by atoms with Crippen LogP contribution in [-0.4, -0.2) is 72.5 Å². The highest BCUT2D eigenvalue weighted by atomic mass is 19.0. The van der Waals surface area contributed by atoms with Gasteiger partial charge in [0.1, 0.15) is 0 Å². The molecule has 0 bridgehead atoms. The summed E-state index contributed by atoms with van der Waals surface area (Å²) in [5.41, 5.74) is 0. The molecular formula is C10H26F4N2O2. The van der Waals surface area contributed by atoms with Gasteiger partial charge in [-0.25, -0.2) is 0 Å². The maximum Gasteiger partial charge on any atom is 0.0443 e. The fourth-order valence-electron chi connectivity index (χ4n) is 1.83. The number of halogens is 4. The molecule has 0 aliphatic carbocycles. The van der Waals surface area contributed by atoms with E-state index in [1.54, 1.807) is 0 Å². The topological polar surface area (TPSA) is 46.9 Å². The zero-order valence-corrected chi connectivity index (χ0v) is 10.5. The molecule has 1 fully saturated rings. The molecule has 1 heterocycles. The second-order valence-corrected chi connectivity index (χ2v) is 3.84. The molecule has 18 heavy (non-hydrogen) atoms. The fourth-order valence-corrected chi connectivity index (χ4v) is 1.83. The van der Waals surface area contributed by atoms with Crippen molar-refractivity contribution in [1.82, 2.24) is 9.80 Å². The second kappa shape index (κ2) is 16.6. The average Bonchev–Trinajstić information content (AvgIpc) is 2.25. The molecule has 1 aliphatic heterocycles. The molecule has 0 amide bonds. The third kappa shape index (κ3) is 10.7. The number of rotatable bonds is 6. The van der Waals surface area contributed by atoms with Gasteiger partial charge in [0.05, 0.1) is 0 Å². The number of hydrogen-bond donors (Lipinski definition) is 2. The molecule has 0 unspecified atom stereocenters. The highest BCUT2D eigenvalue weighted by molar-refractivity contribution is 4.71. The number of aliphatic hydroxyl groups is 2. The summed E-state index contributed by atoms with van der Waals surface area (Å²) < 4.78 is 0. The van der Waals surface area contributed by atoms with E-state index in [0.717, 1.165) is 52.1 Å². The van der Waals surface area contributed by atoms with Crippen molar-refractivity contribution < 1.29 is 29.0 Å². The number of aliphatic hydroxyl groups excluding tert-OH is 2. The first-order valence-corrected chi connectivity index (χ1v) is 5.53. The Labute approximate surface area is 105 Å². The van der Waals surface area contributed by atoms with Gasteiger partial charge in [-0.1, -0.05) is 0 Å². The fraction of sp³-hybridized carbons (Fsp3) is 1.00. The van der Waals surface area contributed by atoms with E-state index in [1.807, 2.05) is 0 Å². The SMILES string of the molecule is F.F.F.F.OCCCN1CCN(CCCO)CC1. The van der Waals surface area contributed by atoms with E-state index in [0.29, 0.717) is 13.2 Å². The lowest BCUT2D eigenvalue weighted by molar-refractivity contribution is 0.118. The van der Waals surface area contributed by atoms with Crippen LogP contribution in [0, 0.1) is 0 Å². The first kappa shape index (κ1) is 26.2. The minimum Gasteiger partial charge on any atom is -0.396 e. The molecule has 0 atom stereocenters. The van der Waals surface area contributed by atoms with Gasteiger partial charge in [-0.3, -0.25) is 18.8 Å². The van der Waals surface area contributed by atoms with Crippen molar-refractivity contribution in [3.63, 3.8) is 0 Å². The molecule has 1 rings (SSSR count). The van der Waals surface area contributed by atoms with Gasteiger partial charge in [-0.15, -0.1) is 0 Å². The Hall–Kier alpha value is -0.440. The van der Waals surface area contributed by atoms with Crippen molar-refractivity contribution >= 4 is 0 Å². The predicted octanol–water partition coefficient (Wildman–Crippen LogP) is -0.0212. The van der Waals surface area contributed by atoms with Gasteiger partial charge in [0, 0.05) is 52.5 Å². The molecule has 0 aromatic rings. The minimum atomic E-state index is 0. The molecule has 8 heteroatoms. The number of hydrogen-bond acceptors (Lipinski definition) is 4. The lowest BCUT2D eigenvalue weighted by Crippen LogP contribution is -2.46. The highest BCUT2D eigenvalue weighted by Gasteiger charge is 2.15. The van der Waals surface area contributed by atoms with Gasteiger partial charge in [-0.05, 0) is 12.8 Å². The van der Waals surface area contributed by atoms with Crippen LogP contribution in [0.3, 0.4) is 0 Å². The van der Waals surface area contributed by atoms with Crippen molar-refractivity contribution in [3.05, 3.63) is 0 Å². The first-order valence-electron chi connectivity index (χ1n) is 5.53. The van der Waals surface area contributed by atoms with Crippen LogP contribution in [0.1, 0.15) is 12.8 Å². The summed E-state index contributed by atoms with van der Waals surface area (Å²) in [5, 5.41) is 17.4. The van der Waals surface area contributed by atoms with Gasteiger partial charge < -0.3 is 20.0 Å². The Kier molecular flexibility index (Phi) is 24.1. The lowest BCUT2D eigenvalue weighted by Gasteiger charge is -2.34. The Morgan fingerprint density at radius 3 is 1.11 bits per heavy atom. The molecule has 0 spiro atoms. The number of piperazine rings is 1. The van der Waals surface area contributed by atoms with Crippen molar-refractivity contribution in [3.8, 4) is 0 Å². The summed E-state index contributed by atoms with van der Waals surface area (Å²) in [4.78, 5) is 4.79. The first-order chi connectivity index (χ1) is 6.86. The summed E-state index contributed by atoms with van der Waals surface area (Å²) >= 11 is 0. The highest BCUT2D eigenvalue weighted by Crippen LogP contribution is 2.02. The molecule has 0 saturated carbocycles. The van der Waals surface area contributed by atoms with Gasteiger partial charge in [0.25, 0.3) is 0 Å². The predicted molar refractivity (Wildman–Crippen MR) is 66.3 cm³/mol. The molecule has 0 radical (unpaired) electrons. The Morgan fingerprint density at radius 1 is 0.611 bits per heavy atom. The molecule has 0 aromatic heterocycles. The molecule has 2 N–H and O–H groups in total. The zero-order chi connectivity index (χ0) is 10.2. The Balaban J connectivity index is -0.000000245. The Morgan fingerprint density at radius 2 is 0.889 bits per heavy atom. The van der Waals surface area contributed by atoms with Crippen LogP contribution in [0.5, 0.6) is 0 Å². The largest absolute Gasteiger partial charge is 0.396 e. The van der Waals surface area contributed by atoms with Gasteiger partial charge in [0.15, 0.2) is 0 Å². The van der Waals surface area contributed by atoms with Crippen LogP contribution in [0.2, 0.25) is 0 Å². The lowest BCUT2D eigenvalue weighted by atomic mass is 10.2. The smallest absolute Gasteiger partial charge is 0.0443 e. The third-order valence-electron chi connectivity index (χ3n) is 2.73. The summed E-state index contributed by atoms with van der Waals surface area (Å²) in [5.74, 6) is 0. The van der Waals surface area contributed by atoms with Gasteiger partial charge >= 0.3 is 0 Å². The third-order valence-corrected chi connectivity index (χ3v) is 2.73. The molecule has 1 aliphatic rings. The van der Waals surface area contributed by atoms with Gasteiger partial charge in [0.2, 0.25) is 0 Å². The van der Waals surface area contributed by atoms with Gasteiger partial charge in [-0.2, -0.15) is 0 Å². The van der Waals surface area contributed by atoms with E-state index >= 15 is 0 Å². The van der Waals surface area contributed by atoms with Crippen LogP contribution >= 0.6 is 0 Å². The van der Waals surface area contributed by atoms with E-state index in [1.165, 1.54) is 0 Å². The van der Waals surface area contributed by atoms with E-state index < -0.39 is 0 Å². The molecule has 0 aromatic carbocycles. The summed E-state index contributed by atoms with van der Waals surface area (Å²) in [6, 6.07) is 0. The van der Waals surface area contributed by atoms with Crippen LogP contribution in [0.4, 0.5) is 18.8 Å². The number of nitrogens with zero attached hydrogens (tertiary/aromatic N) is 2. The van der Waals surface area contributed by atoms with Crippen LogP contribution < -0.4 is 0 Å². The normalized spacial score (nSPS) is 15.7. The van der Waals surface area contributed by atoms with Crippen molar-refractivity contribution in [2.24, 2.45) is 0 Å².